The molecule has 0 aliphatic carbocycles. The van der Waals surface area contributed by atoms with E-state index in [9.17, 15) is 9.18 Å². The lowest BCUT2D eigenvalue weighted by molar-refractivity contribution is 0.0931. The number of carbonyl (C=O) groups is 1. The van der Waals surface area contributed by atoms with Crippen LogP contribution >= 0.6 is 27.5 Å². The van der Waals surface area contributed by atoms with Crippen molar-refractivity contribution >= 4 is 33.4 Å². The molecular formula is C13H16BrClFNO. The molecule has 0 bridgehead atoms. The van der Waals surface area contributed by atoms with E-state index in [4.69, 9.17) is 11.6 Å². The molecule has 1 amide bonds. The SMILES string of the molecule is CC(C)(CCCl)CNC(=O)c1c(F)cccc1Br. The Balaban J connectivity index is 2.72. The number of rotatable bonds is 5. The first kappa shape index (κ1) is 15.4. The molecule has 1 rings (SSSR count). The summed E-state index contributed by atoms with van der Waals surface area (Å²) in [5.74, 6) is -0.411. The van der Waals surface area contributed by atoms with Crippen molar-refractivity contribution in [2.45, 2.75) is 20.3 Å². The maximum Gasteiger partial charge on any atom is 0.255 e. The average Bonchev–Trinajstić information content (AvgIpc) is 2.26. The molecule has 100 valence electrons. The minimum Gasteiger partial charge on any atom is -0.351 e. The van der Waals surface area contributed by atoms with Crippen molar-refractivity contribution in [2.24, 2.45) is 5.41 Å². The lowest BCUT2D eigenvalue weighted by atomic mass is 9.90. The molecule has 1 aromatic carbocycles. The van der Waals surface area contributed by atoms with Gasteiger partial charge in [-0.05, 0) is 39.9 Å². The Labute approximate surface area is 120 Å². The first-order valence-corrected chi connectivity index (χ1v) is 6.98. The van der Waals surface area contributed by atoms with Crippen molar-refractivity contribution in [3.63, 3.8) is 0 Å². The molecule has 1 aromatic rings. The van der Waals surface area contributed by atoms with E-state index in [1.807, 2.05) is 13.8 Å². The zero-order valence-corrected chi connectivity index (χ0v) is 12.7. The van der Waals surface area contributed by atoms with Gasteiger partial charge in [-0.2, -0.15) is 0 Å². The second-order valence-corrected chi connectivity index (χ2v) is 6.11. The van der Waals surface area contributed by atoms with Crippen LogP contribution < -0.4 is 5.32 Å². The van der Waals surface area contributed by atoms with E-state index >= 15 is 0 Å². The lowest BCUT2D eigenvalue weighted by Crippen LogP contribution is -2.34. The molecule has 0 heterocycles. The maximum atomic E-state index is 13.6. The predicted octanol–water partition coefficient (Wildman–Crippen LogP) is 3.97. The molecule has 5 heteroatoms. The van der Waals surface area contributed by atoms with Crippen molar-refractivity contribution in [1.82, 2.24) is 5.32 Å². The summed E-state index contributed by atoms with van der Waals surface area (Å²) in [5, 5.41) is 2.74. The highest BCUT2D eigenvalue weighted by Crippen LogP contribution is 2.22. The maximum absolute atomic E-state index is 13.6. The largest absolute Gasteiger partial charge is 0.351 e. The van der Waals surface area contributed by atoms with E-state index in [0.717, 1.165) is 6.42 Å². The van der Waals surface area contributed by atoms with E-state index in [1.54, 1.807) is 12.1 Å². The van der Waals surface area contributed by atoms with Crippen molar-refractivity contribution in [2.75, 3.05) is 12.4 Å². The molecule has 0 aromatic heterocycles. The van der Waals surface area contributed by atoms with Gasteiger partial charge in [0.15, 0.2) is 0 Å². The molecule has 0 fully saturated rings. The third-order valence-corrected chi connectivity index (χ3v) is 3.54. The number of nitrogens with one attached hydrogen (secondary N) is 1. The van der Waals surface area contributed by atoms with E-state index < -0.39 is 11.7 Å². The first-order valence-electron chi connectivity index (χ1n) is 5.65. The summed E-state index contributed by atoms with van der Waals surface area (Å²) in [6.45, 7) is 4.47. The Kier molecular flexibility index (Phi) is 5.60. The Hall–Kier alpha value is -0.610. The molecule has 0 aliphatic heterocycles. The topological polar surface area (TPSA) is 29.1 Å². The van der Waals surface area contributed by atoms with Crippen LogP contribution in [0.2, 0.25) is 0 Å². The van der Waals surface area contributed by atoms with Gasteiger partial charge >= 0.3 is 0 Å². The number of amides is 1. The van der Waals surface area contributed by atoms with E-state index in [2.05, 4.69) is 21.2 Å². The van der Waals surface area contributed by atoms with Crippen LogP contribution in [0, 0.1) is 11.2 Å². The number of hydrogen-bond acceptors (Lipinski definition) is 1. The zero-order chi connectivity index (χ0) is 13.8. The van der Waals surface area contributed by atoms with Gasteiger partial charge in [0.25, 0.3) is 5.91 Å². The van der Waals surface area contributed by atoms with Crippen LogP contribution in [0.25, 0.3) is 0 Å². The van der Waals surface area contributed by atoms with Gasteiger partial charge in [0, 0.05) is 16.9 Å². The van der Waals surface area contributed by atoms with Gasteiger partial charge in [0.2, 0.25) is 0 Å². The standard InChI is InChI=1S/C13H16BrClFNO/c1-13(2,6-7-15)8-17-12(18)11-9(14)4-3-5-10(11)16/h3-5H,6-8H2,1-2H3,(H,17,18). The van der Waals surface area contributed by atoms with Crippen molar-refractivity contribution in [3.8, 4) is 0 Å². The fraction of sp³-hybridized carbons (Fsp3) is 0.462. The average molecular weight is 337 g/mol. The normalized spacial score (nSPS) is 11.4. The fourth-order valence-electron chi connectivity index (χ4n) is 1.47. The van der Waals surface area contributed by atoms with Gasteiger partial charge in [-0.3, -0.25) is 4.79 Å². The van der Waals surface area contributed by atoms with E-state index in [0.29, 0.717) is 16.9 Å². The highest BCUT2D eigenvalue weighted by Gasteiger charge is 2.21. The van der Waals surface area contributed by atoms with E-state index in [-0.39, 0.29) is 11.0 Å². The minimum atomic E-state index is -0.531. The number of benzene rings is 1. The summed E-state index contributed by atoms with van der Waals surface area (Å²) >= 11 is 8.87. The summed E-state index contributed by atoms with van der Waals surface area (Å²) < 4.78 is 14.0. The van der Waals surface area contributed by atoms with Crippen molar-refractivity contribution < 1.29 is 9.18 Å². The summed E-state index contributed by atoms with van der Waals surface area (Å²) in [5.41, 5.74) is -0.0611. The van der Waals surface area contributed by atoms with Crippen LogP contribution in [0.1, 0.15) is 30.6 Å². The van der Waals surface area contributed by atoms with E-state index in [1.165, 1.54) is 6.07 Å². The van der Waals surface area contributed by atoms with Crippen LogP contribution in [0.5, 0.6) is 0 Å². The van der Waals surface area contributed by atoms with Crippen molar-refractivity contribution in [1.29, 1.82) is 0 Å². The van der Waals surface area contributed by atoms with Crippen LogP contribution in [0.3, 0.4) is 0 Å². The molecule has 0 unspecified atom stereocenters. The Morgan fingerprint density at radius 2 is 2.17 bits per heavy atom. The first-order chi connectivity index (χ1) is 8.37. The van der Waals surface area contributed by atoms with Crippen LogP contribution in [0.15, 0.2) is 22.7 Å². The second-order valence-electron chi connectivity index (χ2n) is 4.88. The van der Waals surface area contributed by atoms with Gasteiger partial charge in [-0.25, -0.2) is 4.39 Å². The smallest absolute Gasteiger partial charge is 0.255 e. The minimum absolute atomic E-state index is 0.0409. The molecule has 1 N–H and O–H groups in total. The van der Waals surface area contributed by atoms with Crippen LogP contribution in [0.4, 0.5) is 4.39 Å². The molecule has 0 spiro atoms. The third-order valence-electron chi connectivity index (χ3n) is 2.69. The number of carbonyl (C=O) groups excluding carboxylic acids is 1. The lowest BCUT2D eigenvalue weighted by Gasteiger charge is -2.23. The van der Waals surface area contributed by atoms with Crippen LogP contribution in [-0.4, -0.2) is 18.3 Å². The summed E-state index contributed by atoms with van der Waals surface area (Å²) in [6, 6.07) is 4.46. The molecule has 2 nitrogen and oxygen atoms in total. The van der Waals surface area contributed by atoms with Gasteiger partial charge in [-0.15, -0.1) is 11.6 Å². The molecule has 18 heavy (non-hydrogen) atoms. The van der Waals surface area contributed by atoms with Gasteiger partial charge in [0.05, 0.1) is 5.56 Å². The highest BCUT2D eigenvalue weighted by molar-refractivity contribution is 9.10. The molecule has 0 aliphatic rings. The Morgan fingerprint density at radius 1 is 1.50 bits per heavy atom. The van der Waals surface area contributed by atoms with Crippen molar-refractivity contribution in [3.05, 3.63) is 34.1 Å². The molecular weight excluding hydrogens is 321 g/mol. The van der Waals surface area contributed by atoms with Gasteiger partial charge in [-0.1, -0.05) is 19.9 Å². The zero-order valence-electron chi connectivity index (χ0n) is 10.4. The Morgan fingerprint density at radius 3 is 2.72 bits per heavy atom. The summed E-state index contributed by atoms with van der Waals surface area (Å²) in [6.07, 6.45) is 0.785. The number of alkyl halides is 1. The van der Waals surface area contributed by atoms with Gasteiger partial charge < -0.3 is 5.32 Å². The highest BCUT2D eigenvalue weighted by atomic mass is 79.9. The molecule has 0 saturated carbocycles. The van der Waals surface area contributed by atoms with Gasteiger partial charge in [0.1, 0.15) is 5.82 Å². The summed E-state index contributed by atoms with van der Waals surface area (Å²) in [4.78, 5) is 11.9. The molecule has 0 radical (unpaired) electrons. The predicted molar refractivity (Wildman–Crippen MR) is 75.6 cm³/mol. The fourth-order valence-corrected chi connectivity index (χ4v) is 2.50. The molecule has 0 saturated heterocycles. The Bertz CT molecular complexity index is 417. The quantitative estimate of drug-likeness (QED) is 0.810. The second kappa shape index (κ2) is 6.53. The third kappa shape index (κ3) is 4.25. The summed E-state index contributed by atoms with van der Waals surface area (Å²) in [7, 11) is 0. The number of hydrogen-bond donors (Lipinski definition) is 1. The van der Waals surface area contributed by atoms with Crippen LogP contribution in [-0.2, 0) is 0 Å². The molecule has 0 atom stereocenters. The monoisotopic (exact) mass is 335 g/mol. The number of halogens is 3.